The molecule has 0 unspecified atom stereocenters. The van der Waals surface area contributed by atoms with E-state index < -0.39 is 0 Å². The lowest BCUT2D eigenvalue weighted by Crippen LogP contribution is -2.48. The number of carbonyl (C=O) groups is 1. The highest BCUT2D eigenvalue weighted by atomic mass is 19.1. The van der Waals surface area contributed by atoms with Crippen molar-refractivity contribution in [1.82, 2.24) is 10.2 Å². The maximum Gasteiger partial charge on any atom is 0.317 e. The van der Waals surface area contributed by atoms with E-state index >= 15 is 0 Å². The minimum Gasteiger partial charge on any atom is -0.382 e. The van der Waals surface area contributed by atoms with Gasteiger partial charge in [0.25, 0.3) is 0 Å². The Morgan fingerprint density at radius 3 is 2.71 bits per heavy atom. The van der Waals surface area contributed by atoms with Gasteiger partial charge in [-0.15, -0.1) is 0 Å². The molecular weight excluding hydrogens is 311 g/mol. The number of hydrogen-bond donors (Lipinski definition) is 1. The van der Waals surface area contributed by atoms with E-state index in [4.69, 9.17) is 9.47 Å². The highest BCUT2D eigenvalue weighted by Crippen LogP contribution is 2.14. The first-order chi connectivity index (χ1) is 11.6. The van der Waals surface area contributed by atoms with Crippen molar-refractivity contribution in [3.63, 3.8) is 0 Å². The van der Waals surface area contributed by atoms with Crippen LogP contribution in [-0.4, -0.2) is 56.5 Å². The summed E-state index contributed by atoms with van der Waals surface area (Å²) in [5.74, 6) is -0.229. The van der Waals surface area contributed by atoms with Crippen LogP contribution >= 0.6 is 0 Å². The summed E-state index contributed by atoms with van der Waals surface area (Å²) in [6.07, 6.45) is 2.34. The number of likely N-dealkylation sites (tertiary alicyclic amines) is 1. The largest absolute Gasteiger partial charge is 0.382 e. The molecule has 2 rings (SSSR count). The molecule has 0 aliphatic carbocycles. The van der Waals surface area contributed by atoms with Crippen LogP contribution in [0.3, 0.4) is 0 Å². The number of ether oxygens (including phenoxy) is 2. The summed E-state index contributed by atoms with van der Waals surface area (Å²) in [5.41, 5.74) is 0.621. The van der Waals surface area contributed by atoms with Gasteiger partial charge in [0.05, 0.1) is 19.3 Å². The van der Waals surface area contributed by atoms with Crippen molar-refractivity contribution in [2.45, 2.75) is 38.3 Å². The van der Waals surface area contributed by atoms with Gasteiger partial charge in [0.2, 0.25) is 0 Å². The van der Waals surface area contributed by atoms with E-state index in [0.29, 0.717) is 38.3 Å². The molecule has 0 spiro atoms. The molecule has 1 aromatic carbocycles. The number of urea groups is 1. The van der Waals surface area contributed by atoms with Crippen LogP contribution in [0.2, 0.25) is 0 Å². The third-order valence-corrected chi connectivity index (χ3v) is 4.22. The Bertz CT molecular complexity index is 519. The number of piperidine rings is 1. The molecule has 1 atom stereocenters. The third-order valence-electron chi connectivity index (χ3n) is 4.22. The Morgan fingerprint density at radius 2 is 2.04 bits per heavy atom. The topological polar surface area (TPSA) is 50.8 Å². The predicted octanol–water partition coefficient (Wildman–Crippen LogP) is 2.59. The summed E-state index contributed by atoms with van der Waals surface area (Å²) >= 11 is 0. The Labute approximate surface area is 143 Å². The average Bonchev–Trinajstić information content (AvgIpc) is 2.58. The predicted molar refractivity (Wildman–Crippen MR) is 90.5 cm³/mol. The van der Waals surface area contributed by atoms with Gasteiger partial charge in [-0.1, -0.05) is 18.2 Å². The number of methoxy groups -OCH3 is 1. The average molecular weight is 338 g/mol. The molecule has 5 nitrogen and oxygen atoms in total. The zero-order valence-electron chi connectivity index (χ0n) is 14.5. The van der Waals surface area contributed by atoms with Gasteiger partial charge in [-0.2, -0.15) is 0 Å². The number of nitrogens with one attached hydrogen (secondary N) is 1. The summed E-state index contributed by atoms with van der Waals surface area (Å²) in [5, 5.41) is 2.95. The first-order valence-corrected chi connectivity index (χ1v) is 8.49. The van der Waals surface area contributed by atoms with Gasteiger partial charge in [-0.25, -0.2) is 9.18 Å². The van der Waals surface area contributed by atoms with E-state index in [2.05, 4.69) is 5.32 Å². The van der Waals surface area contributed by atoms with Crippen LogP contribution < -0.4 is 5.32 Å². The van der Waals surface area contributed by atoms with Crippen LogP contribution in [-0.2, 0) is 15.9 Å². The second kappa shape index (κ2) is 9.59. The van der Waals surface area contributed by atoms with E-state index in [0.717, 1.165) is 12.8 Å². The van der Waals surface area contributed by atoms with Gasteiger partial charge in [0, 0.05) is 26.2 Å². The van der Waals surface area contributed by atoms with Crippen molar-refractivity contribution >= 4 is 6.03 Å². The summed E-state index contributed by atoms with van der Waals surface area (Å²) < 4.78 is 24.3. The van der Waals surface area contributed by atoms with Crippen molar-refractivity contribution in [2.24, 2.45) is 0 Å². The molecule has 1 fully saturated rings. The monoisotopic (exact) mass is 338 g/mol. The van der Waals surface area contributed by atoms with Crippen molar-refractivity contribution in [1.29, 1.82) is 0 Å². The zero-order chi connectivity index (χ0) is 17.4. The van der Waals surface area contributed by atoms with Crippen LogP contribution in [0.15, 0.2) is 24.3 Å². The lowest BCUT2D eigenvalue weighted by molar-refractivity contribution is -0.00928. The molecule has 1 aliphatic rings. The van der Waals surface area contributed by atoms with Crippen LogP contribution in [0.25, 0.3) is 0 Å². The van der Waals surface area contributed by atoms with Crippen molar-refractivity contribution < 1.29 is 18.7 Å². The third kappa shape index (κ3) is 5.76. The zero-order valence-corrected chi connectivity index (χ0v) is 14.5. The van der Waals surface area contributed by atoms with Crippen LogP contribution in [0.4, 0.5) is 9.18 Å². The molecule has 0 aromatic heterocycles. The summed E-state index contributed by atoms with van der Waals surface area (Å²) in [6.45, 7) is 4.43. The first kappa shape index (κ1) is 18.7. The molecule has 6 heteroatoms. The van der Waals surface area contributed by atoms with Crippen LogP contribution in [0.1, 0.15) is 25.3 Å². The number of carbonyl (C=O) groups excluding carboxylic acids is 1. The standard InChI is InChI=1S/C18H27FN2O3/c1-14(13-15-5-3-4-6-17(15)19)20-18(22)21-9-7-16(8-10-21)24-12-11-23-2/h3-6,14,16H,7-13H2,1-2H3,(H,20,22)/t14-/m1/s1. The first-order valence-electron chi connectivity index (χ1n) is 8.49. The number of hydrogen-bond acceptors (Lipinski definition) is 3. The summed E-state index contributed by atoms with van der Waals surface area (Å²) in [4.78, 5) is 14.1. The smallest absolute Gasteiger partial charge is 0.317 e. The van der Waals surface area contributed by atoms with Crippen LogP contribution in [0, 0.1) is 5.82 Å². The Morgan fingerprint density at radius 1 is 1.33 bits per heavy atom. The number of amides is 2. The SMILES string of the molecule is COCCOC1CCN(C(=O)N[C@H](C)Cc2ccccc2F)CC1. The molecule has 0 bridgehead atoms. The number of benzene rings is 1. The molecule has 0 saturated carbocycles. The number of rotatable bonds is 7. The highest BCUT2D eigenvalue weighted by molar-refractivity contribution is 5.74. The van der Waals surface area contributed by atoms with Crippen molar-refractivity contribution in [3.05, 3.63) is 35.6 Å². The van der Waals surface area contributed by atoms with Crippen molar-refractivity contribution in [3.8, 4) is 0 Å². The van der Waals surface area contributed by atoms with E-state index in [1.807, 2.05) is 6.92 Å². The molecular formula is C18H27FN2O3. The van der Waals surface area contributed by atoms with Crippen molar-refractivity contribution in [2.75, 3.05) is 33.4 Å². The molecule has 0 radical (unpaired) electrons. The second-order valence-corrected chi connectivity index (χ2v) is 6.20. The summed E-state index contributed by atoms with van der Waals surface area (Å²) in [7, 11) is 1.65. The Kier molecular flexibility index (Phi) is 7.46. The molecule has 1 aliphatic heterocycles. The maximum atomic E-state index is 13.7. The van der Waals surface area contributed by atoms with Gasteiger partial charge >= 0.3 is 6.03 Å². The maximum absolute atomic E-state index is 13.7. The van der Waals surface area contributed by atoms with Gasteiger partial charge in [-0.3, -0.25) is 0 Å². The molecule has 1 aromatic rings. The van der Waals surface area contributed by atoms with E-state index in [1.54, 1.807) is 30.2 Å². The lowest BCUT2D eigenvalue weighted by atomic mass is 10.1. The second-order valence-electron chi connectivity index (χ2n) is 6.20. The molecule has 1 heterocycles. The quantitative estimate of drug-likeness (QED) is 0.778. The molecule has 24 heavy (non-hydrogen) atoms. The van der Waals surface area contributed by atoms with Gasteiger partial charge in [0.1, 0.15) is 5.82 Å². The van der Waals surface area contributed by atoms with E-state index in [1.165, 1.54) is 6.07 Å². The Hall–Kier alpha value is -1.66. The molecule has 134 valence electrons. The molecule has 2 amide bonds. The minimum atomic E-state index is -0.229. The molecule has 1 N–H and O–H groups in total. The van der Waals surface area contributed by atoms with Gasteiger partial charge in [-0.05, 0) is 37.8 Å². The van der Waals surface area contributed by atoms with E-state index in [-0.39, 0.29) is 24.0 Å². The Balaban J connectivity index is 1.72. The number of halogens is 1. The number of nitrogens with zero attached hydrogens (tertiary/aromatic N) is 1. The normalized spacial score (nSPS) is 16.9. The fourth-order valence-electron chi connectivity index (χ4n) is 2.87. The summed E-state index contributed by atoms with van der Waals surface area (Å²) in [6, 6.07) is 6.46. The molecule has 1 saturated heterocycles. The van der Waals surface area contributed by atoms with Crippen LogP contribution in [0.5, 0.6) is 0 Å². The minimum absolute atomic E-state index is 0.0887. The fraction of sp³-hybridized carbons (Fsp3) is 0.611. The van der Waals surface area contributed by atoms with Gasteiger partial charge in [0.15, 0.2) is 0 Å². The fourth-order valence-corrected chi connectivity index (χ4v) is 2.87. The highest BCUT2D eigenvalue weighted by Gasteiger charge is 2.24. The lowest BCUT2D eigenvalue weighted by Gasteiger charge is -2.32. The van der Waals surface area contributed by atoms with Gasteiger partial charge < -0.3 is 19.7 Å². The van der Waals surface area contributed by atoms with E-state index in [9.17, 15) is 9.18 Å².